The molecule has 4 fully saturated rings. The first kappa shape index (κ1) is 16.4. The summed E-state index contributed by atoms with van der Waals surface area (Å²) in [5.74, 6) is 6.06. The van der Waals surface area contributed by atoms with Crippen molar-refractivity contribution in [3.8, 4) is 0 Å². The van der Waals surface area contributed by atoms with E-state index in [0.717, 1.165) is 46.8 Å². The molecule has 2 bridgehead atoms. The molecule has 4 saturated carbocycles. The Kier molecular flexibility index (Phi) is 3.52. The Bertz CT molecular complexity index is 634. The van der Waals surface area contributed by atoms with E-state index in [1.165, 1.54) is 44.9 Å². The van der Waals surface area contributed by atoms with Gasteiger partial charge in [0, 0.05) is 0 Å². The number of hydrogen-bond donors (Lipinski definition) is 0. The van der Waals surface area contributed by atoms with Gasteiger partial charge >= 0.3 is 0 Å². The monoisotopic (exact) mass is 336 g/mol. The Morgan fingerprint density at radius 2 is 2.12 bits per heavy atom. The van der Waals surface area contributed by atoms with Crippen LogP contribution in [-0.4, -0.2) is 0 Å². The van der Waals surface area contributed by atoms with Gasteiger partial charge in [-0.3, -0.25) is 0 Å². The van der Waals surface area contributed by atoms with Crippen LogP contribution in [0.5, 0.6) is 0 Å². The standard InChI is InChI=1S/C25H36/c1-5-10-24(4)15-25(24)16(3)23-14-20(25)13-19(23)12-18-11-17(6-2)21-8-7-9-22(18)21/h6-7,9,12,16-18,20-23H,2,5,8,10-11,13-15H2,1,3-4H3/b19-12+. The second kappa shape index (κ2) is 5.37. The van der Waals surface area contributed by atoms with Crippen molar-refractivity contribution in [3.63, 3.8) is 0 Å². The molecule has 25 heavy (non-hydrogen) atoms. The lowest BCUT2D eigenvalue weighted by Crippen LogP contribution is -2.28. The molecule has 0 saturated heterocycles. The average Bonchev–Trinajstić information content (AvgIpc) is 3.08. The Hall–Kier alpha value is -0.780. The number of rotatable bonds is 4. The summed E-state index contributed by atoms with van der Waals surface area (Å²) < 4.78 is 0. The van der Waals surface area contributed by atoms with Crippen LogP contribution < -0.4 is 0 Å². The normalized spacial score (nSPS) is 56.9. The van der Waals surface area contributed by atoms with E-state index in [0.29, 0.717) is 5.41 Å². The van der Waals surface area contributed by atoms with Crippen LogP contribution in [0.1, 0.15) is 65.7 Å². The molecule has 0 heteroatoms. The van der Waals surface area contributed by atoms with E-state index >= 15 is 0 Å². The van der Waals surface area contributed by atoms with E-state index in [2.05, 4.69) is 51.7 Å². The van der Waals surface area contributed by atoms with Gasteiger partial charge in [0.15, 0.2) is 0 Å². The molecule has 0 radical (unpaired) electrons. The maximum Gasteiger partial charge on any atom is -0.0133 e. The van der Waals surface area contributed by atoms with Gasteiger partial charge in [-0.1, -0.05) is 57.1 Å². The fourth-order valence-electron chi connectivity index (χ4n) is 8.62. The van der Waals surface area contributed by atoms with Crippen LogP contribution >= 0.6 is 0 Å². The van der Waals surface area contributed by atoms with Gasteiger partial charge in [0.05, 0.1) is 0 Å². The molecule has 0 nitrogen and oxygen atoms in total. The maximum absolute atomic E-state index is 4.13. The van der Waals surface area contributed by atoms with E-state index < -0.39 is 0 Å². The van der Waals surface area contributed by atoms with E-state index in [1.807, 2.05) is 5.57 Å². The molecule has 9 atom stereocenters. The van der Waals surface area contributed by atoms with Crippen molar-refractivity contribution in [2.45, 2.75) is 65.7 Å². The van der Waals surface area contributed by atoms with Crippen LogP contribution in [0.3, 0.4) is 0 Å². The predicted molar refractivity (Wildman–Crippen MR) is 106 cm³/mol. The van der Waals surface area contributed by atoms with Gasteiger partial charge in [0.25, 0.3) is 0 Å². The first-order valence-electron chi connectivity index (χ1n) is 11.0. The van der Waals surface area contributed by atoms with Gasteiger partial charge in [-0.25, -0.2) is 0 Å². The highest BCUT2D eigenvalue weighted by molar-refractivity contribution is 5.33. The Balaban J connectivity index is 1.36. The molecular formula is C25H36. The highest BCUT2D eigenvalue weighted by Crippen LogP contribution is 2.82. The summed E-state index contributed by atoms with van der Waals surface area (Å²) in [6.07, 6.45) is 20.0. The third-order valence-electron chi connectivity index (χ3n) is 9.71. The molecule has 5 aliphatic carbocycles. The van der Waals surface area contributed by atoms with Crippen molar-refractivity contribution >= 4 is 0 Å². The number of allylic oxidation sites excluding steroid dienone is 5. The molecule has 0 aliphatic heterocycles. The zero-order valence-electron chi connectivity index (χ0n) is 16.5. The summed E-state index contributed by atoms with van der Waals surface area (Å²) in [5.41, 5.74) is 3.26. The Morgan fingerprint density at radius 1 is 1.28 bits per heavy atom. The molecule has 5 rings (SSSR count). The molecule has 1 spiro atoms. The quantitative estimate of drug-likeness (QED) is 0.495. The number of hydrogen-bond acceptors (Lipinski definition) is 0. The number of fused-ring (bicyclic) bond motifs is 4. The summed E-state index contributed by atoms with van der Waals surface area (Å²) in [4.78, 5) is 0. The van der Waals surface area contributed by atoms with Gasteiger partial charge < -0.3 is 0 Å². The smallest absolute Gasteiger partial charge is 0.0133 e. The minimum absolute atomic E-state index is 0.673. The minimum Gasteiger partial charge on any atom is -0.103 e. The van der Waals surface area contributed by atoms with Crippen LogP contribution in [0.25, 0.3) is 0 Å². The van der Waals surface area contributed by atoms with Crippen LogP contribution in [0.2, 0.25) is 0 Å². The summed E-state index contributed by atoms with van der Waals surface area (Å²) >= 11 is 0. The third kappa shape index (κ3) is 2.00. The molecule has 136 valence electrons. The molecule has 9 unspecified atom stereocenters. The van der Waals surface area contributed by atoms with E-state index in [-0.39, 0.29) is 0 Å². The molecule has 0 heterocycles. The summed E-state index contributed by atoms with van der Waals surface area (Å²) in [6, 6.07) is 0. The molecule has 0 aromatic heterocycles. The highest BCUT2D eigenvalue weighted by atomic mass is 14.8. The first-order chi connectivity index (χ1) is 12.0. The zero-order valence-corrected chi connectivity index (χ0v) is 16.5. The van der Waals surface area contributed by atoms with Crippen LogP contribution in [-0.2, 0) is 0 Å². The predicted octanol–water partition coefficient (Wildman–Crippen LogP) is 6.80. The van der Waals surface area contributed by atoms with Crippen molar-refractivity contribution in [2.75, 3.05) is 0 Å². The SMILES string of the molecule is C=CC1CC(/C=C2\CC3CC2C(C)C32CC2(C)CCC)C2C=CCC12. The van der Waals surface area contributed by atoms with Crippen molar-refractivity contribution in [1.29, 1.82) is 0 Å². The lowest BCUT2D eigenvalue weighted by Gasteiger charge is -2.35. The van der Waals surface area contributed by atoms with E-state index in [4.69, 9.17) is 0 Å². The van der Waals surface area contributed by atoms with Gasteiger partial charge in [0.1, 0.15) is 0 Å². The molecular weight excluding hydrogens is 300 g/mol. The van der Waals surface area contributed by atoms with Crippen LogP contribution in [0.4, 0.5) is 0 Å². The second-order valence-corrected chi connectivity index (χ2v) is 10.5. The fraction of sp³-hybridized carbons (Fsp3) is 0.760. The van der Waals surface area contributed by atoms with Gasteiger partial charge in [-0.2, -0.15) is 0 Å². The molecule has 0 N–H and O–H groups in total. The highest BCUT2D eigenvalue weighted by Gasteiger charge is 2.74. The third-order valence-corrected chi connectivity index (χ3v) is 9.71. The minimum atomic E-state index is 0.673. The molecule has 0 aromatic rings. The van der Waals surface area contributed by atoms with Crippen molar-refractivity contribution < 1.29 is 0 Å². The van der Waals surface area contributed by atoms with Crippen molar-refractivity contribution in [3.05, 3.63) is 36.5 Å². The van der Waals surface area contributed by atoms with Gasteiger partial charge in [-0.05, 0) is 90.8 Å². The summed E-state index contributed by atoms with van der Waals surface area (Å²) in [7, 11) is 0. The lowest BCUT2D eigenvalue weighted by atomic mass is 9.69. The van der Waals surface area contributed by atoms with E-state index in [1.54, 1.807) is 0 Å². The maximum atomic E-state index is 4.13. The van der Waals surface area contributed by atoms with Gasteiger partial charge in [0.2, 0.25) is 0 Å². The lowest BCUT2D eigenvalue weighted by molar-refractivity contribution is 0.178. The molecule has 0 aromatic carbocycles. The average molecular weight is 337 g/mol. The van der Waals surface area contributed by atoms with E-state index in [9.17, 15) is 0 Å². The van der Waals surface area contributed by atoms with Crippen molar-refractivity contribution in [1.82, 2.24) is 0 Å². The molecule has 0 amide bonds. The van der Waals surface area contributed by atoms with Crippen LogP contribution in [0.15, 0.2) is 36.5 Å². The summed E-state index contributed by atoms with van der Waals surface area (Å²) in [5, 5.41) is 0. The second-order valence-electron chi connectivity index (χ2n) is 10.5. The van der Waals surface area contributed by atoms with Crippen molar-refractivity contribution in [2.24, 2.45) is 52.3 Å². The zero-order chi connectivity index (χ0) is 17.4. The molecule has 5 aliphatic rings. The Labute approximate surface area is 154 Å². The van der Waals surface area contributed by atoms with Gasteiger partial charge in [-0.15, -0.1) is 6.58 Å². The fourth-order valence-corrected chi connectivity index (χ4v) is 8.62. The first-order valence-corrected chi connectivity index (χ1v) is 11.0. The Morgan fingerprint density at radius 3 is 2.84 bits per heavy atom. The summed E-state index contributed by atoms with van der Waals surface area (Å²) in [6.45, 7) is 11.7. The van der Waals surface area contributed by atoms with Crippen LogP contribution in [0, 0.1) is 52.3 Å². The topological polar surface area (TPSA) is 0 Å². The largest absolute Gasteiger partial charge is 0.103 e.